The summed E-state index contributed by atoms with van der Waals surface area (Å²) in [6.07, 6.45) is 3.56. The van der Waals surface area contributed by atoms with Gasteiger partial charge in [-0.25, -0.2) is 15.0 Å². The van der Waals surface area contributed by atoms with E-state index in [-0.39, 0.29) is 0 Å². The summed E-state index contributed by atoms with van der Waals surface area (Å²) in [4.78, 5) is 16.9. The van der Waals surface area contributed by atoms with E-state index >= 15 is 0 Å². The van der Waals surface area contributed by atoms with Gasteiger partial charge in [0.25, 0.3) is 0 Å². The number of halogens is 1. The fourth-order valence-electron chi connectivity index (χ4n) is 3.97. The van der Waals surface area contributed by atoms with Crippen molar-refractivity contribution in [1.82, 2.24) is 19.5 Å². The minimum absolute atomic E-state index is 0.694. The molecule has 0 amide bonds. The maximum atomic E-state index is 6.27. The number of anilines is 1. The third-order valence-corrected chi connectivity index (χ3v) is 5.84. The number of nitrogens with zero attached hydrogens (tertiary/aromatic N) is 5. The van der Waals surface area contributed by atoms with Gasteiger partial charge in [0.15, 0.2) is 0 Å². The van der Waals surface area contributed by atoms with Crippen LogP contribution < -0.4 is 4.90 Å². The van der Waals surface area contributed by atoms with Gasteiger partial charge < -0.3 is 14.2 Å². The molecule has 1 aliphatic heterocycles. The molecule has 0 unspecified atom stereocenters. The van der Waals surface area contributed by atoms with Crippen molar-refractivity contribution in [3.05, 3.63) is 71.4 Å². The highest BCUT2D eigenvalue weighted by atomic mass is 35.5. The second-order valence-electron chi connectivity index (χ2n) is 7.74. The molecule has 158 valence electrons. The number of ether oxygens (including phenoxy) is 1. The Kier molecular flexibility index (Phi) is 5.57. The van der Waals surface area contributed by atoms with Crippen molar-refractivity contribution >= 4 is 28.3 Å². The molecule has 2 aromatic carbocycles. The number of aromatic nitrogens is 4. The SMILES string of the molecule is Cn1cc(-c2ccccc2)nc1CCc1nc(N2CCOCC2)c2cc(Cl)ccc2n1. The van der Waals surface area contributed by atoms with Crippen LogP contribution in [-0.2, 0) is 24.6 Å². The van der Waals surface area contributed by atoms with E-state index < -0.39 is 0 Å². The van der Waals surface area contributed by atoms with Gasteiger partial charge in [0.05, 0.1) is 24.4 Å². The zero-order valence-corrected chi connectivity index (χ0v) is 18.2. The fourth-order valence-corrected chi connectivity index (χ4v) is 4.14. The average molecular weight is 434 g/mol. The van der Waals surface area contributed by atoms with E-state index in [1.54, 1.807) is 0 Å². The quantitative estimate of drug-likeness (QED) is 0.469. The van der Waals surface area contributed by atoms with Gasteiger partial charge in [-0.15, -0.1) is 0 Å². The van der Waals surface area contributed by atoms with Crippen LogP contribution in [0, 0.1) is 0 Å². The Morgan fingerprint density at radius 3 is 2.58 bits per heavy atom. The number of benzene rings is 2. The maximum Gasteiger partial charge on any atom is 0.140 e. The number of imidazole rings is 1. The van der Waals surface area contributed by atoms with Gasteiger partial charge in [-0.1, -0.05) is 41.9 Å². The zero-order valence-electron chi connectivity index (χ0n) is 17.5. The van der Waals surface area contributed by atoms with Crippen molar-refractivity contribution in [2.75, 3.05) is 31.2 Å². The highest BCUT2D eigenvalue weighted by molar-refractivity contribution is 6.31. The van der Waals surface area contributed by atoms with E-state index in [2.05, 4.69) is 27.8 Å². The largest absolute Gasteiger partial charge is 0.378 e. The highest BCUT2D eigenvalue weighted by Gasteiger charge is 2.18. The molecule has 7 heteroatoms. The lowest BCUT2D eigenvalue weighted by molar-refractivity contribution is 0.122. The summed E-state index contributed by atoms with van der Waals surface area (Å²) in [6.45, 7) is 3.05. The van der Waals surface area contributed by atoms with Gasteiger partial charge >= 0.3 is 0 Å². The van der Waals surface area contributed by atoms with Crippen molar-refractivity contribution in [1.29, 1.82) is 0 Å². The molecule has 0 N–H and O–H groups in total. The Balaban J connectivity index is 1.43. The van der Waals surface area contributed by atoms with E-state index in [0.717, 1.165) is 65.6 Å². The summed E-state index contributed by atoms with van der Waals surface area (Å²) in [6, 6.07) is 16.1. The summed E-state index contributed by atoms with van der Waals surface area (Å²) in [5, 5.41) is 1.68. The third-order valence-electron chi connectivity index (χ3n) is 5.61. The monoisotopic (exact) mass is 433 g/mol. The number of rotatable bonds is 5. The molecule has 0 bridgehead atoms. The second-order valence-corrected chi connectivity index (χ2v) is 8.18. The average Bonchev–Trinajstić information content (AvgIpc) is 3.19. The van der Waals surface area contributed by atoms with Crippen LogP contribution in [0.25, 0.3) is 22.2 Å². The van der Waals surface area contributed by atoms with Crippen molar-refractivity contribution in [2.24, 2.45) is 7.05 Å². The molecule has 5 rings (SSSR count). The molecule has 0 saturated carbocycles. The van der Waals surface area contributed by atoms with Crippen LogP contribution in [0.2, 0.25) is 5.02 Å². The first-order chi connectivity index (χ1) is 15.2. The predicted molar refractivity (Wildman–Crippen MR) is 124 cm³/mol. The molecule has 1 saturated heterocycles. The van der Waals surface area contributed by atoms with Crippen LogP contribution in [0.3, 0.4) is 0 Å². The molecule has 3 heterocycles. The lowest BCUT2D eigenvalue weighted by Gasteiger charge is -2.29. The molecule has 0 radical (unpaired) electrons. The van der Waals surface area contributed by atoms with Gasteiger partial charge in [-0.3, -0.25) is 0 Å². The van der Waals surface area contributed by atoms with Crippen LogP contribution in [-0.4, -0.2) is 45.8 Å². The van der Waals surface area contributed by atoms with E-state index in [1.165, 1.54) is 0 Å². The molecular weight excluding hydrogens is 410 g/mol. The summed E-state index contributed by atoms with van der Waals surface area (Å²) >= 11 is 6.27. The first kappa shape index (κ1) is 20.0. The van der Waals surface area contributed by atoms with Crippen LogP contribution in [0.15, 0.2) is 54.7 Å². The number of morpholine rings is 1. The van der Waals surface area contributed by atoms with Crippen molar-refractivity contribution < 1.29 is 4.74 Å². The molecule has 6 nitrogen and oxygen atoms in total. The lowest BCUT2D eigenvalue weighted by atomic mass is 10.2. The molecule has 0 atom stereocenters. The van der Waals surface area contributed by atoms with Crippen LogP contribution in [0.5, 0.6) is 0 Å². The van der Waals surface area contributed by atoms with Crippen LogP contribution in [0.4, 0.5) is 5.82 Å². The summed E-state index contributed by atoms with van der Waals surface area (Å²) in [5.74, 6) is 2.78. The Bertz CT molecular complexity index is 1200. The second kappa shape index (κ2) is 8.65. The maximum absolute atomic E-state index is 6.27. The molecular formula is C24H24ClN5O. The molecule has 1 fully saturated rings. The van der Waals surface area contributed by atoms with E-state index in [9.17, 15) is 0 Å². The number of aryl methyl sites for hydroxylation is 3. The van der Waals surface area contributed by atoms with Gasteiger partial charge in [0.1, 0.15) is 17.5 Å². The van der Waals surface area contributed by atoms with Gasteiger partial charge in [0, 0.05) is 55.1 Å². The normalized spacial score (nSPS) is 14.3. The minimum atomic E-state index is 0.694. The fraction of sp³-hybridized carbons (Fsp3) is 0.292. The topological polar surface area (TPSA) is 56.1 Å². The van der Waals surface area contributed by atoms with Crippen molar-refractivity contribution in [3.8, 4) is 11.3 Å². The standard InChI is InChI=1S/C24H24ClN5O/c1-29-16-21(17-5-3-2-4-6-17)27-23(29)10-9-22-26-20-8-7-18(25)15-19(20)24(28-22)30-11-13-31-14-12-30/h2-8,15-16H,9-14H2,1H3. The Hall–Kier alpha value is -2.96. The number of hydrogen-bond donors (Lipinski definition) is 0. The van der Waals surface area contributed by atoms with Crippen molar-refractivity contribution in [2.45, 2.75) is 12.8 Å². The lowest BCUT2D eigenvalue weighted by Crippen LogP contribution is -2.37. The molecule has 31 heavy (non-hydrogen) atoms. The van der Waals surface area contributed by atoms with Crippen LogP contribution >= 0.6 is 11.6 Å². The molecule has 0 aliphatic carbocycles. The predicted octanol–water partition coefficient (Wildman–Crippen LogP) is 4.31. The molecule has 2 aromatic heterocycles. The summed E-state index contributed by atoms with van der Waals surface area (Å²) in [7, 11) is 2.04. The van der Waals surface area contributed by atoms with Gasteiger partial charge in [-0.05, 0) is 18.2 Å². The molecule has 4 aromatic rings. The minimum Gasteiger partial charge on any atom is -0.378 e. The Morgan fingerprint density at radius 2 is 1.77 bits per heavy atom. The zero-order chi connectivity index (χ0) is 21.2. The smallest absolute Gasteiger partial charge is 0.140 e. The summed E-state index contributed by atoms with van der Waals surface area (Å²) in [5.41, 5.74) is 3.03. The first-order valence-electron chi connectivity index (χ1n) is 10.5. The molecule has 1 aliphatic rings. The van der Waals surface area contributed by atoms with Crippen molar-refractivity contribution in [3.63, 3.8) is 0 Å². The van der Waals surface area contributed by atoms with E-state index in [0.29, 0.717) is 18.2 Å². The Morgan fingerprint density at radius 1 is 0.968 bits per heavy atom. The third kappa shape index (κ3) is 4.27. The van der Waals surface area contributed by atoms with Gasteiger partial charge in [0.2, 0.25) is 0 Å². The highest BCUT2D eigenvalue weighted by Crippen LogP contribution is 2.28. The van der Waals surface area contributed by atoms with Crippen LogP contribution in [0.1, 0.15) is 11.6 Å². The van der Waals surface area contributed by atoms with E-state index in [1.807, 2.05) is 43.4 Å². The summed E-state index contributed by atoms with van der Waals surface area (Å²) < 4.78 is 7.61. The van der Waals surface area contributed by atoms with E-state index in [4.69, 9.17) is 31.3 Å². The Labute approximate surface area is 186 Å². The number of hydrogen-bond acceptors (Lipinski definition) is 5. The number of fused-ring (bicyclic) bond motifs is 1. The first-order valence-corrected chi connectivity index (χ1v) is 10.9. The van der Waals surface area contributed by atoms with Gasteiger partial charge in [-0.2, -0.15) is 0 Å². The molecule has 0 spiro atoms.